The molecule has 2 aromatic heterocycles. The first-order valence-electron chi connectivity index (χ1n) is 8.92. The van der Waals surface area contributed by atoms with Gasteiger partial charge in [0, 0.05) is 18.3 Å². The second-order valence-electron chi connectivity index (χ2n) is 6.59. The zero-order chi connectivity index (χ0) is 19.8. The Hall–Kier alpha value is -3.20. The summed E-state index contributed by atoms with van der Waals surface area (Å²) in [6, 6.07) is 4.95. The van der Waals surface area contributed by atoms with E-state index in [2.05, 4.69) is 10.1 Å². The first-order chi connectivity index (χ1) is 13.5. The van der Waals surface area contributed by atoms with Crippen LogP contribution >= 0.6 is 0 Å². The fourth-order valence-corrected chi connectivity index (χ4v) is 3.53. The second kappa shape index (κ2) is 7.08. The number of fused-ring (bicyclic) bond motifs is 1. The third-order valence-corrected chi connectivity index (χ3v) is 4.77. The van der Waals surface area contributed by atoms with Crippen molar-refractivity contribution in [1.29, 1.82) is 0 Å². The molecule has 4 rings (SSSR count). The summed E-state index contributed by atoms with van der Waals surface area (Å²) in [4.78, 5) is 18.4. The van der Waals surface area contributed by atoms with Crippen LogP contribution in [-0.2, 0) is 4.74 Å². The molecule has 0 bridgehead atoms. The van der Waals surface area contributed by atoms with Crippen molar-refractivity contribution in [3.8, 4) is 5.75 Å². The molecule has 8 nitrogen and oxygen atoms in total. The SMILES string of the molecule is CCOC(=O)c1cnn2ccc(N3C[C@H](O)C[C@@H]3c3cc(F)ccc3O)nc12. The molecule has 1 fully saturated rings. The van der Waals surface area contributed by atoms with E-state index < -0.39 is 23.9 Å². The van der Waals surface area contributed by atoms with Gasteiger partial charge in [0.25, 0.3) is 0 Å². The smallest absolute Gasteiger partial charge is 0.343 e. The molecular weight excluding hydrogens is 367 g/mol. The predicted molar refractivity (Wildman–Crippen MR) is 97.7 cm³/mol. The van der Waals surface area contributed by atoms with Crippen molar-refractivity contribution >= 4 is 17.4 Å². The summed E-state index contributed by atoms with van der Waals surface area (Å²) in [5, 5.41) is 24.5. The number of hydrogen-bond acceptors (Lipinski definition) is 7. The highest BCUT2D eigenvalue weighted by Crippen LogP contribution is 2.39. The Morgan fingerprint density at radius 3 is 3.00 bits per heavy atom. The number of halogens is 1. The van der Waals surface area contributed by atoms with E-state index in [1.165, 1.54) is 28.9 Å². The van der Waals surface area contributed by atoms with Gasteiger partial charge < -0.3 is 19.8 Å². The highest BCUT2D eigenvalue weighted by Gasteiger charge is 2.35. The molecule has 0 saturated carbocycles. The van der Waals surface area contributed by atoms with Gasteiger partial charge in [-0.25, -0.2) is 18.7 Å². The normalized spacial score (nSPS) is 19.3. The Balaban J connectivity index is 1.76. The third kappa shape index (κ3) is 3.13. The van der Waals surface area contributed by atoms with E-state index in [4.69, 9.17) is 4.74 Å². The number of aromatic hydroxyl groups is 1. The number of benzene rings is 1. The van der Waals surface area contributed by atoms with Gasteiger partial charge >= 0.3 is 5.97 Å². The van der Waals surface area contributed by atoms with E-state index >= 15 is 0 Å². The lowest BCUT2D eigenvalue weighted by Gasteiger charge is -2.26. The summed E-state index contributed by atoms with van der Waals surface area (Å²) >= 11 is 0. The van der Waals surface area contributed by atoms with Crippen LogP contribution in [0.2, 0.25) is 0 Å². The first-order valence-corrected chi connectivity index (χ1v) is 8.92. The van der Waals surface area contributed by atoms with Crippen molar-refractivity contribution in [2.45, 2.75) is 25.5 Å². The molecule has 3 aromatic rings. The summed E-state index contributed by atoms with van der Waals surface area (Å²) in [6.07, 6.45) is 2.68. The lowest BCUT2D eigenvalue weighted by molar-refractivity contribution is 0.0528. The number of aliphatic hydroxyl groups excluding tert-OH is 1. The van der Waals surface area contributed by atoms with Crippen LogP contribution in [0.15, 0.2) is 36.7 Å². The van der Waals surface area contributed by atoms with Gasteiger partial charge in [-0.1, -0.05) is 0 Å². The number of rotatable bonds is 4. The molecule has 0 amide bonds. The number of anilines is 1. The number of carbonyl (C=O) groups is 1. The van der Waals surface area contributed by atoms with Crippen LogP contribution in [0.4, 0.5) is 10.2 Å². The molecule has 0 radical (unpaired) electrons. The number of aromatic nitrogens is 3. The average Bonchev–Trinajstić information content (AvgIpc) is 3.26. The number of hydrogen-bond donors (Lipinski definition) is 2. The second-order valence-corrected chi connectivity index (χ2v) is 6.59. The zero-order valence-electron chi connectivity index (χ0n) is 15.1. The van der Waals surface area contributed by atoms with Crippen molar-refractivity contribution < 1.29 is 24.1 Å². The van der Waals surface area contributed by atoms with E-state index in [1.807, 2.05) is 0 Å². The fourth-order valence-electron chi connectivity index (χ4n) is 3.53. The minimum atomic E-state index is -0.667. The molecular formula is C19H19FN4O4. The standard InChI is InChI=1S/C19H19FN4O4/c1-2-28-19(27)14-9-21-24-6-5-17(22-18(14)24)23-10-12(25)8-15(23)13-7-11(20)3-4-16(13)26/h3-7,9,12,15,25-26H,2,8,10H2,1H3/t12-,15-/m1/s1. The first kappa shape index (κ1) is 18.2. The molecule has 146 valence electrons. The number of carbonyl (C=O) groups excluding carboxylic acids is 1. The van der Waals surface area contributed by atoms with Gasteiger partial charge in [0.2, 0.25) is 0 Å². The predicted octanol–water partition coefficient (Wildman–Crippen LogP) is 2.06. The number of esters is 1. The van der Waals surface area contributed by atoms with Crippen LogP contribution in [0.1, 0.15) is 35.3 Å². The van der Waals surface area contributed by atoms with Gasteiger partial charge in [-0.2, -0.15) is 5.10 Å². The number of β-amino-alcohol motifs (C(OH)–C–C–N with tert-alkyl or cyclic N) is 1. The van der Waals surface area contributed by atoms with Crippen LogP contribution in [0, 0.1) is 5.82 Å². The Morgan fingerprint density at radius 2 is 2.21 bits per heavy atom. The van der Waals surface area contributed by atoms with E-state index in [-0.39, 0.29) is 24.5 Å². The molecule has 1 aliphatic rings. The van der Waals surface area contributed by atoms with Crippen molar-refractivity contribution in [1.82, 2.24) is 14.6 Å². The Bertz CT molecular complexity index is 1040. The maximum atomic E-state index is 13.7. The van der Waals surface area contributed by atoms with Crippen molar-refractivity contribution in [2.75, 3.05) is 18.1 Å². The molecule has 0 unspecified atom stereocenters. The molecule has 1 aromatic carbocycles. The quantitative estimate of drug-likeness (QED) is 0.662. The number of phenols is 1. The summed E-state index contributed by atoms with van der Waals surface area (Å²) in [5.74, 6) is -0.576. The Kier molecular flexibility index (Phi) is 4.60. The van der Waals surface area contributed by atoms with Gasteiger partial charge in [0.15, 0.2) is 5.65 Å². The number of aliphatic hydroxyl groups is 1. The molecule has 0 aliphatic carbocycles. The molecule has 1 saturated heterocycles. The van der Waals surface area contributed by atoms with Crippen LogP contribution in [0.5, 0.6) is 5.75 Å². The number of nitrogens with zero attached hydrogens (tertiary/aromatic N) is 4. The van der Waals surface area contributed by atoms with Crippen LogP contribution in [0.3, 0.4) is 0 Å². The van der Waals surface area contributed by atoms with Crippen molar-refractivity contribution in [3.63, 3.8) is 0 Å². The monoisotopic (exact) mass is 386 g/mol. The largest absolute Gasteiger partial charge is 0.508 e. The Morgan fingerprint density at radius 1 is 1.39 bits per heavy atom. The highest BCUT2D eigenvalue weighted by atomic mass is 19.1. The molecule has 3 heterocycles. The zero-order valence-corrected chi connectivity index (χ0v) is 15.1. The van der Waals surface area contributed by atoms with E-state index in [1.54, 1.807) is 24.1 Å². The van der Waals surface area contributed by atoms with Gasteiger partial charge in [-0.3, -0.25) is 0 Å². The maximum Gasteiger partial charge on any atom is 0.343 e. The van der Waals surface area contributed by atoms with Crippen molar-refractivity contribution in [2.24, 2.45) is 0 Å². The van der Waals surface area contributed by atoms with E-state index in [0.717, 1.165) is 0 Å². The van der Waals surface area contributed by atoms with Crippen LogP contribution in [-0.4, -0.2) is 50.0 Å². The summed E-state index contributed by atoms with van der Waals surface area (Å²) in [7, 11) is 0. The minimum Gasteiger partial charge on any atom is -0.508 e. The maximum absolute atomic E-state index is 13.7. The highest BCUT2D eigenvalue weighted by molar-refractivity contribution is 5.95. The minimum absolute atomic E-state index is 0.0526. The number of phenolic OH excluding ortho intramolecular Hbond substituents is 1. The molecule has 2 atom stereocenters. The van der Waals surface area contributed by atoms with E-state index in [9.17, 15) is 19.4 Å². The van der Waals surface area contributed by atoms with Crippen molar-refractivity contribution in [3.05, 3.63) is 53.6 Å². The van der Waals surface area contributed by atoms with Crippen LogP contribution in [0.25, 0.3) is 5.65 Å². The number of ether oxygens (including phenoxy) is 1. The third-order valence-electron chi connectivity index (χ3n) is 4.77. The molecule has 0 spiro atoms. The van der Waals surface area contributed by atoms with Gasteiger partial charge in [0.05, 0.1) is 24.9 Å². The summed E-state index contributed by atoms with van der Waals surface area (Å²) < 4.78 is 20.2. The van der Waals surface area contributed by atoms with Gasteiger partial charge in [-0.05, 0) is 37.6 Å². The fraction of sp³-hybridized carbons (Fsp3) is 0.316. The molecule has 9 heteroatoms. The van der Waals surface area contributed by atoms with Gasteiger partial charge in [0.1, 0.15) is 22.9 Å². The van der Waals surface area contributed by atoms with Crippen LogP contribution < -0.4 is 4.90 Å². The Labute approximate surface area is 159 Å². The topological polar surface area (TPSA) is 100 Å². The van der Waals surface area contributed by atoms with E-state index in [0.29, 0.717) is 23.4 Å². The molecule has 28 heavy (non-hydrogen) atoms. The summed E-state index contributed by atoms with van der Waals surface area (Å²) in [6.45, 7) is 2.20. The molecule has 2 N–H and O–H groups in total. The average molecular weight is 386 g/mol. The summed E-state index contributed by atoms with van der Waals surface area (Å²) in [5.41, 5.74) is 0.922. The molecule has 1 aliphatic heterocycles. The lowest BCUT2D eigenvalue weighted by atomic mass is 10.0. The van der Waals surface area contributed by atoms with Gasteiger partial charge in [-0.15, -0.1) is 0 Å². The lowest BCUT2D eigenvalue weighted by Crippen LogP contribution is -2.25.